The average molecular weight is 590 g/mol. The molecule has 2 atom stereocenters. The molecule has 0 heterocycles. The Morgan fingerprint density at radius 3 is 2.16 bits per heavy atom. The van der Waals surface area contributed by atoms with E-state index in [-0.39, 0.29) is 12.5 Å². The number of aliphatic hydroxyl groups is 1. The lowest BCUT2D eigenvalue weighted by Crippen LogP contribution is -2.54. The van der Waals surface area contributed by atoms with Gasteiger partial charge in [0, 0.05) is 12.2 Å². The number of aryl methyl sites for hydroxylation is 2. The van der Waals surface area contributed by atoms with Gasteiger partial charge in [0.15, 0.2) is 0 Å². The molecule has 3 aromatic carbocycles. The van der Waals surface area contributed by atoms with Gasteiger partial charge in [-0.1, -0.05) is 92.3 Å². The minimum Gasteiger partial charge on any atom is -0.444 e. The van der Waals surface area contributed by atoms with E-state index >= 15 is 0 Å². The zero-order chi connectivity index (χ0) is 31.6. The van der Waals surface area contributed by atoms with Crippen LogP contribution in [0.4, 0.5) is 10.5 Å². The Balaban J connectivity index is 2.01. The van der Waals surface area contributed by atoms with E-state index in [0.717, 1.165) is 47.6 Å². The number of alkyl carbamates (subject to hydrolysis) is 1. The van der Waals surface area contributed by atoms with Gasteiger partial charge in [-0.25, -0.2) is 4.79 Å². The normalized spacial score (nSPS) is 12.8. The van der Waals surface area contributed by atoms with Gasteiger partial charge in [-0.15, -0.1) is 0 Å². The molecule has 0 spiro atoms. The van der Waals surface area contributed by atoms with Gasteiger partial charge < -0.3 is 25.4 Å². The number of nitrogens with one attached hydrogen (secondary N) is 2. The number of carbonyl (C=O) groups is 3. The first kappa shape index (κ1) is 33.6. The van der Waals surface area contributed by atoms with Crippen LogP contribution in [0.5, 0.6) is 0 Å². The lowest BCUT2D eigenvalue weighted by molar-refractivity contribution is -0.141. The smallest absolute Gasteiger partial charge is 0.408 e. The molecule has 3 amide bonds. The maximum atomic E-state index is 14.2. The first-order valence-electron chi connectivity index (χ1n) is 15.2. The average Bonchev–Trinajstić information content (AvgIpc) is 2.93. The van der Waals surface area contributed by atoms with E-state index in [1.807, 2.05) is 74.5 Å². The summed E-state index contributed by atoms with van der Waals surface area (Å²) in [7, 11) is 0. The standard InChI is InChI=1S/C35H47N3O5/c1-7-8-9-10-13-18-38(33(41)30(23-39)37-34(42)43-35(4,5)6)31(28-20-24(2)19-25(3)21-28)32(40)36-29-17-16-26-14-11-12-15-27(26)22-29/h11-12,14-17,19-22,30-31,39H,7-10,13,18,23H2,1-6H3,(H,36,40)(H,37,42). The van der Waals surface area contributed by atoms with Gasteiger partial charge in [0.25, 0.3) is 5.91 Å². The summed E-state index contributed by atoms with van der Waals surface area (Å²) in [6.45, 7) is 10.8. The van der Waals surface area contributed by atoms with Gasteiger partial charge in [-0.2, -0.15) is 0 Å². The molecule has 0 aromatic heterocycles. The van der Waals surface area contributed by atoms with Gasteiger partial charge in [-0.3, -0.25) is 9.59 Å². The summed E-state index contributed by atoms with van der Waals surface area (Å²) in [6.07, 6.45) is 3.90. The second-order valence-electron chi connectivity index (χ2n) is 12.2. The van der Waals surface area contributed by atoms with Crippen LogP contribution >= 0.6 is 0 Å². The number of unbranched alkanes of at least 4 members (excludes halogenated alkanes) is 4. The third-order valence-corrected chi connectivity index (χ3v) is 7.09. The highest BCUT2D eigenvalue weighted by Crippen LogP contribution is 2.28. The number of hydrogen-bond acceptors (Lipinski definition) is 5. The third-order valence-electron chi connectivity index (χ3n) is 7.09. The largest absolute Gasteiger partial charge is 0.444 e. The Morgan fingerprint density at radius 2 is 1.53 bits per heavy atom. The molecule has 2 unspecified atom stereocenters. The molecule has 232 valence electrons. The van der Waals surface area contributed by atoms with Gasteiger partial charge in [0.05, 0.1) is 6.61 Å². The van der Waals surface area contributed by atoms with E-state index in [1.165, 1.54) is 4.90 Å². The van der Waals surface area contributed by atoms with Gasteiger partial charge in [0.1, 0.15) is 17.7 Å². The molecule has 0 saturated heterocycles. The van der Waals surface area contributed by atoms with Gasteiger partial charge in [0.2, 0.25) is 5.91 Å². The molecule has 3 N–H and O–H groups in total. The van der Waals surface area contributed by atoms with Crippen LogP contribution in [0.25, 0.3) is 10.8 Å². The Kier molecular flexibility index (Phi) is 12.1. The SMILES string of the molecule is CCCCCCCN(C(=O)C(CO)NC(=O)OC(C)(C)C)C(C(=O)Nc1ccc2ccccc2c1)c1cc(C)cc(C)c1. The van der Waals surface area contributed by atoms with Crippen molar-refractivity contribution in [1.29, 1.82) is 0 Å². The summed E-state index contributed by atoms with van der Waals surface area (Å²) in [5.41, 5.74) is 2.40. The van der Waals surface area contributed by atoms with Crippen LogP contribution in [-0.4, -0.2) is 52.7 Å². The Bertz CT molecular complexity index is 1380. The molecule has 0 bridgehead atoms. The highest BCUT2D eigenvalue weighted by atomic mass is 16.6. The van der Waals surface area contributed by atoms with Crippen LogP contribution < -0.4 is 10.6 Å². The number of anilines is 1. The van der Waals surface area contributed by atoms with Crippen molar-refractivity contribution in [1.82, 2.24) is 10.2 Å². The maximum Gasteiger partial charge on any atom is 0.408 e. The number of nitrogens with zero attached hydrogens (tertiary/aromatic N) is 1. The maximum absolute atomic E-state index is 14.2. The monoisotopic (exact) mass is 589 g/mol. The van der Waals surface area contributed by atoms with Crippen molar-refractivity contribution in [2.45, 2.75) is 91.3 Å². The second kappa shape index (κ2) is 15.5. The Labute approximate surface area is 255 Å². The molecule has 3 aromatic rings. The number of benzene rings is 3. The molecule has 0 saturated carbocycles. The number of hydrogen-bond donors (Lipinski definition) is 3. The van der Waals surface area contributed by atoms with Crippen LogP contribution in [0, 0.1) is 13.8 Å². The van der Waals surface area contributed by atoms with E-state index in [1.54, 1.807) is 20.8 Å². The molecule has 8 nitrogen and oxygen atoms in total. The van der Waals surface area contributed by atoms with E-state index in [2.05, 4.69) is 17.6 Å². The van der Waals surface area contributed by atoms with Crippen LogP contribution in [0.2, 0.25) is 0 Å². The zero-order valence-electron chi connectivity index (χ0n) is 26.4. The molecule has 0 fully saturated rings. The number of aliphatic hydroxyl groups excluding tert-OH is 1. The Hall–Kier alpha value is -3.91. The fourth-order valence-corrected chi connectivity index (χ4v) is 5.21. The van der Waals surface area contributed by atoms with E-state index in [9.17, 15) is 19.5 Å². The summed E-state index contributed by atoms with van der Waals surface area (Å²) in [5.74, 6) is -0.933. The summed E-state index contributed by atoms with van der Waals surface area (Å²) >= 11 is 0. The first-order valence-corrected chi connectivity index (χ1v) is 15.2. The number of rotatable bonds is 13. The molecule has 0 aliphatic carbocycles. The number of fused-ring (bicyclic) bond motifs is 1. The summed E-state index contributed by atoms with van der Waals surface area (Å²) < 4.78 is 5.35. The van der Waals surface area contributed by atoms with E-state index < -0.39 is 36.3 Å². The highest BCUT2D eigenvalue weighted by Gasteiger charge is 2.36. The Morgan fingerprint density at radius 1 is 0.884 bits per heavy atom. The predicted molar refractivity (Wildman–Crippen MR) is 172 cm³/mol. The summed E-state index contributed by atoms with van der Waals surface area (Å²) in [4.78, 5) is 42.4. The minimum absolute atomic E-state index is 0.276. The quantitative estimate of drug-likeness (QED) is 0.190. The van der Waals surface area contributed by atoms with Crippen molar-refractivity contribution in [3.63, 3.8) is 0 Å². The molecule has 0 radical (unpaired) electrons. The van der Waals surface area contributed by atoms with Crippen molar-refractivity contribution in [2.24, 2.45) is 0 Å². The zero-order valence-corrected chi connectivity index (χ0v) is 26.4. The van der Waals surface area contributed by atoms with Crippen LogP contribution in [0.3, 0.4) is 0 Å². The number of ether oxygens (including phenoxy) is 1. The molecule has 0 aliphatic rings. The van der Waals surface area contributed by atoms with Crippen molar-refractivity contribution < 1.29 is 24.2 Å². The lowest BCUT2D eigenvalue weighted by Gasteiger charge is -2.34. The molecule has 0 aliphatic heterocycles. The van der Waals surface area contributed by atoms with E-state index in [0.29, 0.717) is 17.7 Å². The third kappa shape index (κ3) is 10.1. The minimum atomic E-state index is -1.28. The number of amides is 3. The van der Waals surface area contributed by atoms with Crippen molar-refractivity contribution in [3.05, 3.63) is 77.4 Å². The fourth-order valence-electron chi connectivity index (χ4n) is 5.21. The second-order valence-corrected chi connectivity index (χ2v) is 12.2. The summed E-state index contributed by atoms with van der Waals surface area (Å²) in [5, 5.41) is 17.8. The lowest BCUT2D eigenvalue weighted by atomic mass is 9.98. The summed E-state index contributed by atoms with van der Waals surface area (Å²) in [6, 6.07) is 17.1. The van der Waals surface area contributed by atoms with E-state index in [4.69, 9.17) is 4.74 Å². The van der Waals surface area contributed by atoms with Gasteiger partial charge in [-0.05, 0) is 69.5 Å². The molecular weight excluding hydrogens is 542 g/mol. The van der Waals surface area contributed by atoms with Crippen molar-refractivity contribution in [2.75, 3.05) is 18.5 Å². The van der Waals surface area contributed by atoms with Crippen LogP contribution in [0.1, 0.15) is 82.5 Å². The fraction of sp³-hybridized carbons (Fsp3) is 0.457. The molecule has 8 heteroatoms. The van der Waals surface area contributed by atoms with Gasteiger partial charge >= 0.3 is 6.09 Å². The highest BCUT2D eigenvalue weighted by molar-refractivity contribution is 6.00. The topological polar surface area (TPSA) is 108 Å². The molecule has 3 rings (SSSR count). The van der Waals surface area contributed by atoms with Crippen molar-refractivity contribution in [3.8, 4) is 0 Å². The van der Waals surface area contributed by atoms with Crippen LogP contribution in [-0.2, 0) is 14.3 Å². The number of carbonyl (C=O) groups excluding carboxylic acids is 3. The molecule has 43 heavy (non-hydrogen) atoms. The van der Waals surface area contributed by atoms with Crippen molar-refractivity contribution >= 4 is 34.4 Å². The predicted octanol–water partition coefficient (Wildman–Crippen LogP) is 6.82. The molecular formula is C35H47N3O5. The first-order chi connectivity index (χ1) is 20.4. The van der Waals surface area contributed by atoms with Crippen LogP contribution in [0.15, 0.2) is 60.7 Å².